The van der Waals surface area contributed by atoms with E-state index in [4.69, 9.17) is 10.00 Å². The number of benzene rings is 1. The Labute approximate surface area is 152 Å². The van der Waals surface area contributed by atoms with E-state index >= 15 is 0 Å². The van der Waals surface area contributed by atoms with Gasteiger partial charge in [0.05, 0.1) is 23.7 Å². The van der Waals surface area contributed by atoms with Gasteiger partial charge in [-0.25, -0.2) is 9.78 Å². The average molecular weight is 351 g/mol. The molecule has 2 atom stereocenters. The summed E-state index contributed by atoms with van der Waals surface area (Å²) in [6, 6.07) is 11.1. The lowest BCUT2D eigenvalue weighted by molar-refractivity contribution is 0.177. The fourth-order valence-corrected chi connectivity index (χ4v) is 2.87. The third kappa shape index (κ3) is 3.59. The summed E-state index contributed by atoms with van der Waals surface area (Å²) in [6.07, 6.45) is 1.24. The van der Waals surface area contributed by atoms with Crippen molar-refractivity contribution in [2.24, 2.45) is 5.92 Å². The van der Waals surface area contributed by atoms with Gasteiger partial charge in [0.2, 0.25) is 5.95 Å². The number of carbonyl (C=O) groups excluding carboxylic acids is 1. The van der Waals surface area contributed by atoms with Crippen LogP contribution in [-0.4, -0.2) is 28.7 Å². The smallest absolute Gasteiger partial charge is 0.415 e. The molecule has 1 aliphatic heterocycles. The third-order valence-corrected chi connectivity index (χ3v) is 4.45. The van der Waals surface area contributed by atoms with E-state index < -0.39 is 0 Å². The number of carbonyl (C=O) groups is 1. The topological polar surface area (TPSA) is 91.1 Å². The molecule has 1 aromatic heterocycles. The van der Waals surface area contributed by atoms with Crippen molar-refractivity contribution in [2.75, 3.05) is 16.8 Å². The Hall–Kier alpha value is -3.14. The summed E-state index contributed by atoms with van der Waals surface area (Å²) in [5.74, 6) is 1.21. The zero-order chi connectivity index (χ0) is 18.7. The van der Waals surface area contributed by atoms with Crippen molar-refractivity contribution in [1.82, 2.24) is 9.97 Å². The Balaban J connectivity index is 1.78. The number of nitrogens with one attached hydrogen (secondary N) is 1. The predicted molar refractivity (Wildman–Crippen MR) is 97.7 cm³/mol. The maximum absolute atomic E-state index is 12.1. The van der Waals surface area contributed by atoms with Crippen LogP contribution >= 0.6 is 0 Å². The van der Waals surface area contributed by atoms with Crippen molar-refractivity contribution in [3.8, 4) is 6.07 Å². The highest BCUT2D eigenvalue weighted by atomic mass is 16.6. The molecule has 0 saturated carbocycles. The van der Waals surface area contributed by atoms with Crippen LogP contribution in [0, 0.1) is 17.2 Å². The minimum atomic E-state index is -0.381. The number of rotatable bonds is 5. The molecule has 7 heteroatoms. The third-order valence-electron chi connectivity index (χ3n) is 4.45. The van der Waals surface area contributed by atoms with Crippen molar-refractivity contribution in [2.45, 2.75) is 32.9 Å². The summed E-state index contributed by atoms with van der Waals surface area (Å²) in [6.45, 7) is 6.45. The largest absolute Gasteiger partial charge is 0.447 e. The maximum Gasteiger partial charge on any atom is 0.415 e. The van der Waals surface area contributed by atoms with Crippen molar-refractivity contribution in [1.29, 1.82) is 5.26 Å². The zero-order valence-corrected chi connectivity index (χ0v) is 15.0. The summed E-state index contributed by atoms with van der Waals surface area (Å²) >= 11 is 0. The molecule has 2 aromatic rings. The second kappa shape index (κ2) is 7.40. The van der Waals surface area contributed by atoms with Gasteiger partial charge in [-0.05, 0) is 36.6 Å². The normalized spacial score (nSPS) is 17.7. The molecule has 1 amide bonds. The van der Waals surface area contributed by atoms with Gasteiger partial charge >= 0.3 is 6.09 Å². The Morgan fingerprint density at radius 3 is 2.65 bits per heavy atom. The Bertz CT molecular complexity index is 829. The van der Waals surface area contributed by atoms with E-state index in [0.717, 1.165) is 5.56 Å². The van der Waals surface area contributed by atoms with Crippen LogP contribution in [0.25, 0.3) is 0 Å². The first-order valence-corrected chi connectivity index (χ1v) is 8.55. The fourth-order valence-electron chi connectivity index (χ4n) is 2.87. The van der Waals surface area contributed by atoms with Crippen LogP contribution in [-0.2, 0) is 4.74 Å². The number of hydrogen-bond donors (Lipinski definition) is 1. The van der Waals surface area contributed by atoms with Crippen LogP contribution in [0.5, 0.6) is 0 Å². The molecule has 0 unspecified atom stereocenters. The van der Waals surface area contributed by atoms with E-state index in [1.54, 1.807) is 29.3 Å². The van der Waals surface area contributed by atoms with E-state index in [-0.39, 0.29) is 24.1 Å². The lowest BCUT2D eigenvalue weighted by Gasteiger charge is -2.23. The monoisotopic (exact) mass is 351 g/mol. The number of nitriles is 1. The molecule has 1 aliphatic rings. The quantitative estimate of drug-likeness (QED) is 0.886. The number of cyclic esters (lactones) is 1. The van der Waals surface area contributed by atoms with Gasteiger partial charge in [-0.1, -0.05) is 26.0 Å². The number of hydrogen-bond acceptors (Lipinski definition) is 6. The van der Waals surface area contributed by atoms with E-state index in [1.807, 2.05) is 32.9 Å². The van der Waals surface area contributed by atoms with E-state index in [9.17, 15) is 4.79 Å². The highest BCUT2D eigenvalue weighted by Crippen LogP contribution is 2.26. The first kappa shape index (κ1) is 17.7. The van der Waals surface area contributed by atoms with E-state index in [1.165, 1.54) is 0 Å². The molecule has 0 radical (unpaired) electrons. The second-order valence-electron chi connectivity index (χ2n) is 6.60. The van der Waals surface area contributed by atoms with Crippen LogP contribution in [0.4, 0.5) is 16.6 Å². The number of aromatic nitrogens is 2. The summed E-state index contributed by atoms with van der Waals surface area (Å²) in [5, 5.41) is 12.1. The van der Waals surface area contributed by atoms with Gasteiger partial charge in [-0.2, -0.15) is 10.2 Å². The molecular formula is C19H21N5O2. The molecule has 3 rings (SSSR count). The minimum Gasteiger partial charge on any atom is -0.447 e. The van der Waals surface area contributed by atoms with Crippen molar-refractivity contribution >= 4 is 17.9 Å². The Morgan fingerprint density at radius 1 is 1.27 bits per heavy atom. The fraction of sp³-hybridized carbons (Fsp3) is 0.368. The van der Waals surface area contributed by atoms with Crippen molar-refractivity contribution in [3.63, 3.8) is 0 Å². The lowest BCUT2D eigenvalue weighted by atomic mass is 10.0. The van der Waals surface area contributed by atoms with E-state index in [2.05, 4.69) is 21.4 Å². The minimum absolute atomic E-state index is 0.0406. The molecule has 26 heavy (non-hydrogen) atoms. The first-order valence-electron chi connectivity index (χ1n) is 8.55. The Morgan fingerprint density at radius 2 is 2.00 bits per heavy atom. The zero-order valence-electron chi connectivity index (χ0n) is 15.0. The molecule has 7 nitrogen and oxygen atoms in total. The van der Waals surface area contributed by atoms with Crippen LogP contribution in [0.1, 0.15) is 37.9 Å². The molecule has 1 aromatic carbocycles. The number of nitrogens with zero attached hydrogens (tertiary/aromatic N) is 4. The lowest BCUT2D eigenvalue weighted by Crippen LogP contribution is -2.37. The molecule has 1 saturated heterocycles. The van der Waals surface area contributed by atoms with Crippen molar-refractivity contribution < 1.29 is 9.53 Å². The first-order chi connectivity index (χ1) is 12.5. The van der Waals surface area contributed by atoms with E-state index in [0.29, 0.717) is 23.9 Å². The Kier molecular flexibility index (Phi) is 5.03. The highest BCUT2D eigenvalue weighted by Gasteiger charge is 2.37. The molecule has 2 heterocycles. The molecule has 0 aliphatic carbocycles. The number of anilines is 2. The maximum atomic E-state index is 12.1. The molecule has 1 fully saturated rings. The molecular weight excluding hydrogens is 330 g/mol. The standard InChI is InChI=1S/C19H21N5O2/c1-12(2)16-11-26-19(25)24(16)17-8-9-21-18(23-17)22-13(3)15-6-4-14(10-20)5-7-15/h4-9,12-13,16H,11H2,1-3H3,(H,21,22,23)/t13-,16+/m0/s1. The van der Waals surface area contributed by atoms with Gasteiger partial charge in [0, 0.05) is 6.20 Å². The second-order valence-corrected chi connectivity index (χ2v) is 6.60. The number of amides is 1. The van der Waals surface area contributed by atoms with Gasteiger partial charge in [-0.3, -0.25) is 4.90 Å². The van der Waals surface area contributed by atoms with Crippen LogP contribution in [0.15, 0.2) is 36.5 Å². The average Bonchev–Trinajstić information content (AvgIpc) is 3.04. The molecule has 0 bridgehead atoms. The van der Waals surface area contributed by atoms with Gasteiger partial charge in [-0.15, -0.1) is 0 Å². The van der Waals surface area contributed by atoms with Crippen LogP contribution in [0.3, 0.4) is 0 Å². The summed E-state index contributed by atoms with van der Waals surface area (Å²) in [4.78, 5) is 22.4. The molecule has 1 N–H and O–H groups in total. The summed E-state index contributed by atoms with van der Waals surface area (Å²) in [7, 11) is 0. The summed E-state index contributed by atoms with van der Waals surface area (Å²) < 4.78 is 5.19. The highest BCUT2D eigenvalue weighted by molar-refractivity contribution is 5.89. The molecule has 0 spiro atoms. The van der Waals surface area contributed by atoms with Crippen LogP contribution in [0.2, 0.25) is 0 Å². The predicted octanol–water partition coefficient (Wildman–Crippen LogP) is 3.50. The SMILES string of the molecule is CC(C)[C@H]1COC(=O)N1c1ccnc(N[C@@H](C)c2ccc(C#N)cc2)n1. The van der Waals surface area contributed by atoms with Gasteiger partial charge in [0.15, 0.2) is 0 Å². The van der Waals surface area contributed by atoms with Gasteiger partial charge < -0.3 is 10.1 Å². The molecule has 134 valence electrons. The summed E-state index contributed by atoms with van der Waals surface area (Å²) in [5.41, 5.74) is 1.63. The van der Waals surface area contributed by atoms with Gasteiger partial charge in [0.1, 0.15) is 12.4 Å². The van der Waals surface area contributed by atoms with Crippen LogP contribution < -0.4 is 10.2 Å². The van der Waals surface area contributed by atoms with Crippen molar-refractivity contribution in [3.05, 3.63) is 47.7 Å². The van der Waals surface area contributed by atoms with Gasteiger partial charge in [0.25, 0.3) is 0 Å². The number of ether oxygens (including phenoxy) is 1.